The molecule has 1 aliphatic carbocycles. The van der Waals surface area contributed by atoms with Gasteiger partial charge in [-0.05, 0) is 36.5 Å². The first-order valence-electron chi connectivity index (χ1n) is 5.84. The minimum absolute atomic E-state index is 0.564. The van der Waals surface area contributed by atoms with Crippen LogP contribution in [-0.2, 0) is 6.42 Å². The molecular formula is C15H16O. The molecule has 1 aliphatic rings. The molecule has 0 saturated heterocycles. The Labute approximate surface area is 96.1 Å². The number of hydrogen-bond acceptors (Lipinski definition) is 1. The van der Waals surface area contributed by atoms with E-state index in [0.29, 0.717) is 5.92 Å². The summed E-state index contributed by atoms with van der Waals surface area (Å²) in [5.74, 6) is 1.72. The van der Waals surface area contributed by atoms with Crippen molar-refractivity contribution in [3.63, 3.8) is 0 Å². The molecule has 0 amide bonds. The van der Waals surface area contributed by atoms with Gasteiger partial charge in [0.2, 0.25) is 0 Å². The third kappa shape index (κ3) is 1.24. The lowest BCUT2D eigenvalue weighted by Gasteiger charge is -2.22. The van der Waals surface area contributed by atoms with Crippen molar-refractivity contribution in [2.45, 2.75) is 33.1 Å². The Hall–Kier alpha value is -1.50. The van der Waals surface area contributed by atoms with Gasteiger partial charge < -0.3 is 4.42 Å². The van der Waals surface area contributed by atoms with Crippen molar-refractivity contribution in [1.29, 1.82) is 0 Å². The van der Waals surface area contributed by atoms with E-state index >= 15 is 0 Å². The van der Waals surface area contributed by atoms with Gasteiger partial charge in [0.05, 0.1) is 6.26 Å². The number of furan rings is 1. The lowest BCUT2D eigenvalue weighted by Crippen LogP contribution is -2.07. The maximum Gasteiger partial charge on any atom is 0.112 e. The first kappa shape index (κ1) is 9.71. The summed E-state index contributed by atoms with van der Waals surface area (Å²) in [6, 6.07) is 6.76. The van der Waals surface area contributed by atoms with Crippen LogP contribution in [0.5, 0.6) is 0 Å². The summed E-state index contributed by atoms with van der Waals surface area (Å²) in [5, 5.41) is 0. The molecule has 0 bridgehead atoms. The molecule has 0 aliphatic heterocycles. The van der Waals surface area contributed by atoms with Gasteiger partial charge in [0, 0.05) is 12.0 Å². The van der Waals surface area contributed by atoms with E-state index in [4.69, 9.17) is 4.42 Å². The van der Waals surface area contributed by atoms with Crippen molar-refractivity contribution >= 4 is 0 Å². The van der Waals surface area contributed by atoms with Gasteiger partial charge >= 0.3 is 0 Å². The highest BCUT2D eigenvalue weighted by atomic mass is 16.3. The third-order valence-electron chi connectivity index (χ3n) is 3.55. The molecule has 0 fully saturated rings. The summed E-state index contributed by atoms with van der Waals surface area (Å²) in [6.45, 7) is 6.55. The van der Waals surface area contributed by atoms with Gasteiger partial charge in [0.15, 0.2) is 0 Å². The summed E-state index contributed by atoms with van der Waals surface area (Å²) >= 11 is 0. The van der Waals surface area contributed by atoms with E-state index in [1.54, 1.807) is 0 Å². The van der Waals surface area contributed by atoms with E-state index in [0.717, 1.165) is 12.2 Å². The second-order valence-electron chi connectivity index (χ2n) is 4.91. The molecule has 2 aromatic rings. The molecule has 0 saturated carbocycles. The van der Waals surface area contributed by atoms with Gasteiger partial charge in [-0.2, -0.15) is 0 Å². The Balaban J connectivity index is 2.33. The molecule has 16 heavy (non-hydrogen) atoms. The Morgan fingerprint density at radius 2 is 2.06 bits per heavy atom. The standard InChI is InChI=1S/C15H16O/c1-9-4-5-12-10(2)7-14-15(13(12)6-9)11(3)8-16-14/h4-6,8,10H,7H2,1-3H3/t10-/m0/s1. The minimum atomic E-state index is 0.564. The fourth-order valence-electron chi connectivity index (χ4n) is 2.71. The monoisotopic (exact) mass is 212 g/mol. The van der Waals surface area contributed by atoms with E-state index in [-0.39, 0.29) is 0 Å². The van der Waals surface area contributed by atoms with Crippen LogP contribution in [-0.4, -0.2) is 0 Å². The molecule has 1 heteroatoms. The van der Waals surface area contributed by atoms with Crippen molar-refractivity contribution < 1.29 is 4.42 Å². The van der Waals surface area contributed by atoms with Gasteiger partial charge in [-0.25, -0.2) is 0 Å². The van der Waals surface area contributed by atoms with Crippen molar-refractivity contribution in [2.75, 3.05) is 0 Å². The lowest BCUT2D eigenvalue weighted by atomic mass is 9.81. The number of rotatable bonds is 0. The highest BCUT2D eigenvalue weighted by Gasteiger charge is 2.25. The first-order valence-corrected chi connectivity index (χ1v) is 5.84. The van der Waals surface area contributed by atoms with E-state index in [1.807, 2.05) is 6.26 Å². The molecule has 1 aromatic carbocycles. The molecule has 0 spiro atoms. The molecule has 82 valence electrons. The summed E-state index contributed by atoms with van der Waals surface area (Å²) in [7, 11) is 0. The van der Waals surface area contributed by atoms with Crippen LogP contribution >= 0.6 is 0 Å². The molecule has 1 atom stereocenters. The largest absolute Gasteiger partial charge is 0.468 e. The predicted octanol–water partition coefficient (Wildman–Crippen LogP) is 4.22. The minimum Gasteiger partial charge on any atom is -0.468 e. The SMILES string of the molecule is Cc1ccc2c(c1)-c1c(C)coc1C[C@@H]2C. The summed E-state index contributed by atoms with van der Waals surface area (Å²) in [6.07, 6.45) is 2.91. The second-order valence-corrected chi connectivity index (χ2v) is 4.91. The van der Waals surface area contributed by atoms with Gasteiger partial charge in [-0.3, -0.25) is 0 Å². The summed E-state index contributed by atoms with van der Waals surface area (Å²) in [5.41, 5.74) is 6.74. The van der Waals surface area contributed by atoms with Crippen LogP contribution in [0.2, 0.25) is 0 Å². The smallest absolute Gasteiger partial charge is 0.112 e. The second kappa shape index (κ2) is 3.24. The lowest BCUT2D eigenvalue weighted by molar-refractivity contribution is 0.490. The normalized spacial score (nSPS) is 18.1. The molecule has 3 rings (SSSR count). The molecular weight excluding hydrogens is 196 g/mol. The molecule has 0 unspecified atom stereocenters. The van der Waals surface area contributed by atoms with Gasteiger partial charge in [-0.15, -0.1) is 0 Å². The van der Waals surface area contributed by atoms with Crippen LogP contribution in [0.25, 0.3) is 11.1 Å². The Bertz CT molecular complexity index is 549. The topological polar surface area (TPSA) is 13.1 Å². The Kier molecular flexibility index (Phi) is 1.97. The van der Waals surface area contributed by atoms with Crippen LogP contribution < -0.4 is 0 Å². The molecule has 0 radical (unpaired) electrons. The van der Waals surface area contributed by atoms with Gasteiger partial charge in [-0.1, -0.05) is 30.7 Å². The molecule has 1 nitrogen and oxygen atoms in total. The molecule has 1 aromatic heterocycles. The number of hydrogen-bond donors (Lipinski definition) is 0. The van der Waals surface area contributed by atoms with E-state index in [9.17, 15) is 0 Å². The Morgan fingerprint density at radius 3 is 2.88 bits per heavy atom. The predicted molar refractivity (Wildman–Crippen MR) is 65.7 cm³/mol. The van der Waals surface area contributed by atoms with Crippen molar-refractivity contribution in [3.8, 4) is 11.1 Å². The summed E-state index contributed by atoms with van der Waals surface area (Å²) in [4.78, 5) is 0. The maximum atomic E-state index is 5.65. The number of benzene rings is 1. The van der Waals surface area contributed by atoms with Crippen LogP contribution in [0.4, 0.5) is 0 Å². The summed E-state index contributed by atoms with van der Waals surface area (Å²) < 4.78 is 5.65. The van der Waals surface area contributed by atoms with Crippen molar-refractivity contribution in [3.05, 3.63) is 46.9 Å². The first-order chi connectivity index (χ1) is 7.66. The van der Waals surface area contributed by atoms with E-state index < -0.39 is 0 Å². The van der Waals surface area contributed by atoms with Crippen LogP contribution in [0.15, 0.2) is 28.9 Å². The molecule has 0 N–H and O–H groups in total. The van der Waals surface area contributed by atoms with Gasteiger partial charge in [0.1, 0.15) is 5.76 Å². The maximum absolute atomic E-state index is 5.65. The van der Waals surface area contributed by atoms with Crippen LogP contribution in [0, 0.1) is 13.8 Å². The average Bonchev–Trinajstić information content (AvgIpc) is 2.60. The molecule has 1 heterocycles. The zero-order valence-electron chi connectivity index (χ0n) is 10.0. The van der Waals surface area contributed by atoms with E-state index in [1.165, 1.54) is 27.8 Å². The zero-order chi connectivity index (χ0) is 11.3. The van der Waals surface area contributed by atoms with Gasteiger partial charge in [0.25, 0.3) is 0 Å². The average molecular weight is 212 g/mol. The van der Waals surface area contributed by atoms with Crippen molar-refractivity contribution in [1.82, 2.24) is 0 Å². The third-order valence-corrected chi connectivity index (χ3v) is 3.55. The van der Waals surface area contributed by atoms with Crippen LogP contribution in [0.3, 0.4) is 0 Å². The van der Waals surface area contributed by atoms with Crippen molar-refractivity contribution in [2.24, 2.45) is 0 Å². The fourth-order valence-corrected chi connectivity index (χ4v) is 2.71. The Morgan fingerprint density at radius 1 is 1.25 bits per heavy atom. The number of fused-ring (bicyclic) bond motifs is 3. The number of aryl methyl sites for hydroxylation is 2. The highest BCUT2D eigenvalue weighted by Crippen LogP contribution is 2.42. The zero-order valence-corrected chi connectivity index (χ0v) is 10.0. The highest BCUT2D eigenvalue weighted by molar-refractivity contribution is 5.75. The quantitative estimate of drug-likeness (QED) is 0.637. The fraction of sp³-hybridized carbons (Fsp3) is 0.333. The van der Waals surface area contributed by atoms with Crippen LogP contribution in [0.1, 0.15) is 35.3 Å². The van der Waals surface area contributed by atoms with E-state index in [2.05, 4.69) is 39.0 Å².